The zero-order chi connectivity index (χ0) is 19.7. The Labute approximate surface area is 170 Å². The Bertz CT molecular complexity index is 1190. The Morgan fingerprint density at radius 3 is 2.36 bits per heavy atom. The fourth-order valence-corrected chi connectivity index (χ4v) is 3.20. The number of anilines is 1. The molecule has 3 aromatic carbocycles. The molecule has 28 heavy (non-hydrogen) atoms. The summed E-state index contributed by atoms with van der Waals surface area (Å²) in [5.41, 5.74) is 2.56. The lowest BCUT2D eigenvalue weighted by atomic mass is 10.0. The minimum atomic E-state index is -0.600. The summed E-state index contributed by atoms with van der Waals surface area (Å²) in [6.07, 6.45) is 0. The molecule has 0 fully saturated rings. The van der Waals surface area contributed by atoms with Crippen molar-refractivity contribution in [1.82, 2.24) is 4.98 Å². The van der Waals surface area contributed by atoms with Crippen LogP contribution in [0.2, 0.25) is 10.0 Å². The Balaban J connectivity index is 1.80. The van der Waals surface area contributed by atoms with Crippen LogP contribution >= 0.6 is 23.2 Å². The molecule has 0 spiro atoms. The van der Waals surface area contributed by atoms with E-state index in [9.17, 15) is 9.18 Å². The largest absolute Gasteiger partial charge is 0.319 e. The van der Waals surface area contributed by atoms with Crippen molar-refractivity contribution in [3.8, 4) is 11.3 Å². The Morgan fingerprint density at radius 2 is 1.61 bits per heavy atom. The summed E-state index contributed by atoms with van der Waals surface area (Å²) >= 11 is 11.7. The van der Waals surface area contributed by atoms with Gasteiger partial charge in [0.05, 0.1) is 22.5 Å². The molecule has 3 nitrogen and oxygen atoms in total. The first kappa shape index (κ1) is 18.4. The number of nitrogens with zero attached hydrogens (tertiary/aromatic N) is 1. The van der Waals surface area contributed by atoms with Crippen molar-refractivity contribution in [2.75, 3.05) is 5.32 Å². The van der Waals surface area contributed by atoms with E-state index in [1.165, 1.54) is 12.1 Å². The molecule has 1 aromatic heterocycles. The van der Waals surface area contributed by atoms with Crippen molar-refractivity contribution in [3.63, 3.8) is 0 Å². The number of nitrogens with one attached hydrogen (secondary N) is 1. The average molecular weight is 411 g/mol. The SMILES string of the molecule is O=C(Nc1ccc(Cl)cc1F)c1cc(-c2ccc(Cl)cc2)nc2ccccc12. The third-order valence-electron chi connectivity index (χ3n) is 4.28. The van der Waals surface area contributed by atoms with Gasteiger partial charge in [-0.25, -0.2) is 9.37 Å². The molecule has 0 saturated carbocycles. The first-order valence-corrected chi connectivity index (χ1v) is 9.19. The molecular weight excluding hydrogens is 398 g/mol. The average Bonchev–Trinajstić information content (AvgIpc) is 2.69. The van der Waals surface area contributed by atoms with Gasteiger partial charge < -0.3 is 5.32 Å². The van der Waals surface area contributed by atoms with Gasteiger partial charge in [-0.15, -0.1) is 0 Å². The maximum absolute atomic E-state index is 14.1. The molecule has 0 saturated heterocycles. The van der Waals surface area contributed by atoms with Crippen molar-refractivity contribution >= 4 is 45.7 Å². The predicted molar refractivity (Wildman–Crippen MR) is 112 cm³/mol. The molecule has 0 unspecified atom stereocenters. The highest BCUT2D eigenvalue weighted by Gasteiger charge is 2.15. The van der Waals surface area contributed by atoms with Crippen molar-refractivity contribution in [3.05, 3.63) is 94.2 Å². The maximum atomic E-state index is 14.1. The van der Waals surface area contributed by atoms with Gasteiger partial charge in [0.15, 0.2) is 0 Å². The Hall–Kier alpha value is -2.95. The summed E-state index contributed by atoms with van der Waals surface area (Å²) < 4.78 is 14.1. The van der Waals surface area contributed by atoms with E-state index in [1.807, 2.05) is 30.3 Å². The standard InChI is InChI=1S/C22H13Cl2FN2O/c23-14-7-5-13(6-8-14)21-12-17(16-3-1-2-4-19(16)26-21)22(28)27-20-10-9-15(24)11-18(20)25/h1-12H,(H,27,28). The topological polar surface area (TPSA) is 42.0 Å². The number of benzene rings is 3. The molecule has 0 aliphatic rings. The third kappa shape index (κ3) is 3.70. The summed E-state index contributed by atoms with van der Waals surface area (Å²) in [6.45, 7) is 0. The van der Waals surface area contributed by atoms with Crippen molar-refractivity contribution in [2.24, 2.45) is 0 Å². The number of rotatable bonds is 3. The number of para-hydroxylation sites is 1. The van der Waals surface area contributed by atoms with Crippen LogP contribution in [0.3, 0.4) is 0 Å². The first-order valence-electron chi connectivity index (χ1n) is 8.43. The first-order chi connectivity index (χ1) is 13.5. The van der Waals surface area contributed by atoms with E-state index in [0.717, 1.165) is 11.6 Å². The number of aromatic nitrogens is 1. The van der Waals surface area contributed by atoms with Crippen molar-refractivity contribution in [1.29, 1.82) is 0 Å². The van der Waals surface area contributed by atoms with Gasteiger partial charge in [0.25, 0.3) is 5.91 Å². The highest BCUT2D eigenvalue weighted by Crippen LogP contribution is 2.27. The highest BCUT2D eigenvalue weighted by atomic mass is 35.5. The van der Waals surface area contributed by atoms with E-state index in [2.05, 4.69) is 10.3 Å². The minimum absolute atomic E-state index is 0.0586. The van der Waals surface area contributed by atoms with E-state index in [4.69, 9.17) is 23.2 Å². The molecule has 4 rings (SSSR count). The molecule has 1 heterocycles. The predicted octanol–water partition coefficient (Wildman–Crippen LogP) is 6.60. The van der Waals surface area contributed by atoms with Gasteiger partial charge in [-0.1, -0.05) is 53.5 Å². The molecule has 0 radical (unpaired) electrons. The van der Waals surface area contributed by atoms with E-state index in [0.29, 0.717) is 27.2 Å². The highest BCUT2D eigenvalue weighted by molar-refractivity contribution is 6.31. The number of pyridine rings is 1. The van der Waals surface area contributed by atoms with Crippen LogP contribution in [0.5, 0.6) is 0 Å². The van der Waals surface area contributed by atoms with Crippen LogP contribution in [0.4, 0.5) is 10.1 Å². The smallest absolute Gasteiger partial charge is 0.256 e. The molecule has 1 amide bonds. The molecule has 0 aliphatic carbocycles. The van der Waals surface area contributed by atoms with Crippen LogP contribution in [0, 0.1) is 5.82 Å². The molecule has 4 aromatic rings. The summed E-state index contributed by atoms with van der Waals surface area (Å²) in [6, 6.07) is 20.3. The van der Waals surface area contributed by atoms with Crippen LogP contribution < -0.4 is 5.32 Å². The number of hydrogen-bond acceptors (Lipinski definition) is 2. The molecule has 0 atom stereocenters. The number of fused-ring (bicyclic) bond motifs is 1. The number of hydrogen-bond donors (Lipinski definition) is 1. The fourth-order valence-electron chi connectivity index (χ4n) is 2.91. The van der Waals surface area contributed by atoms with Gasteiger partial charge in [0, 0.05) is 21.0 Å². The van der Waals surface area contributed by atoms with Gasteiger partial charge in [-0.3, -0.25) is 4.79 Å². The van der Waals surface area contributed by atoms with E-state index in [1.54, 1.807) is 24.3 Å². The molecule has 1 N–H and O–H groups in total. The molecule has 138 valence electrons. The number of carbonyl (C=O) groups is 1. The quantitative estimate of drug-likeness (QED) is 0.413. The van der Waals surface area contributed by atoms with Crippen LogP contribution in [0.15, 0.2) is 72.8 Å². The van der Waals surface area contributed by atoms with Crippen LogP contribution in [0.1, 0.15) is 10.4 Å². The van der Waals surface area contributed by atoms with E-state index < -0.39 is 11.7 Å². The lowest BCUT2D eigenvalue weighted by molar-refractivity contribution is 0.102. The van der Waals surface area contributed by atoms with E-state index in [-0.39, 0.29) is 10.7 Å². The second-order valence-electron chi connectivity index (χ2n) is 6.16. The lowest BCUT2D eigenvalue weighted by Gasteiger charge is -2.11. The second-order valence-corrected chi connectivity index (χ2v) is 7.03. The summed E-state index contributed by atoms with van der Waals surface area (Å²) in [7, 11) is 0. The van der Waals surface area contributed by atoms with Gasteiger partial charge >= 0.3 is 0 Å². The normalized spacial score (nSPS) is 10.8. The zero-order valence-electron chi connectivity index (χ0n) is 14.4. The Kier molecular flexibility index (Phi) is 4.99. The van der Waals surface area contributed by atoms with Gasteiger partial charge in [-0.05, 0) is 42.5 Å². The van der Waals surface area contributed by atoms with E-state index >= 15 is 0 Å². The minimum Gasteiger partial charge on any atom is -0.319 e. The Morgan fingerprint density at radius 1 is 0.893 bits per heavy atom. The molecule has 0 bridgehead atoms. The van der Waals surface area contributed by atoms with Gasteiger partial charge in [0.1, 0.15) is 5.82 Å². The fraction of sp³-hybridized carbons (Fsp3) is 0. The van der Waals surface area contributed by atoms with Gasteiger partial charge in [0.2, 0.25) is 0 Å². The maximum Gasteiger partial charge on any atom is 0.256 e. The van der Waals surface area contributed by atoms with Gasteiger partial charge in [-0.2, -0.15) is 0 Å². The second kappa shape index (κ2) is 7.58. The third-order valence-corrected chi connectivity index (χ3v) is 4.77. The van der Waals surface area contributed by atoms with Crippen LogP contribution in [0.25, 0.3) is 22.2 Å². The number of halogens is 3. The number of amides is 1. The zero-order valence-corrected chi connectivity index (χ0v) is 15.9. The molecule has 0 aliphatic heterocycles. The van der Waals surface area contributed by atoms with Crippen LogP contribution in [-0.2, 0) is 0 Å². The van der Waals surface area contributed by atoms with Crippen molar-refractivity contribution in [2.45, 2.75) is 0 Å². The summed E-state index contributed by atoms with van der Waals surface area (Å²) in [5, 5.41) is 4.16. The van der Waals surface area contributed by atoms with Crippen LogP contribution in [-0.4, -0.2) is 10.9 Å². The number of carbonyl (C=O) groups excluding carboxylic acids is 1. The summed E-state index contributed by atoms with van der Waals surface area (Å²) in [5.74, 6) is -1.04. The molecular formula is C22H13Cl2FN2O. The summed E-state index contributed by atoms with van der Waals surface area (Å²) in [4.78, 5) is 17.6. The lowest BCUT2D eigenvalue weighted by Crippen LogP contribution is -2.14. The molecule has 6 heteroatoms. The van der Waals surface area contributed by atoms with Crippen molar-refractivity contribution < 1.29 is 9.18 Å². The monoisotopic (exact) mass is 410 g/mol.